The van der Waals surface area contributed by atoms with E-state index in [4.69, 9.17) is 5.73 Å². The first-order chi connectivity index (χ1) is 10.4. The van der Waals surface area contributed by atoms with E-state index >= 15 is 0 Å². The van der Waals surface area contributed by atoms with Gasteiger partial charge in [-0.2, -0.15) is 0 Å². The lowest BCUT2D eigenvalue weighted by Gasteiger charge is -2.31. The molecule has 1 aromatic carbocycles. The van der Waals surface area contributed by atoms with E-state index in [1.807, 2.05) is 0 Å². The van der Waals surface area contributed by atoms with Crippen LogP contribution in [0.15, 0.2) is 23.1 Å². The van der Waals surface area contributed by atoms with Crippen molar-refractivity contribution in [3.05, 3.63) is 33.9 Å². The molecule has 0 saturated heterocycles. The van der Waals surface area contributed by atoms with Crippen molar-refractivity contribution in [2.24, 2.45) is 11.7 Å². The van der Waals surface area contributed by atoms with Crippen LogP contribution in [0.2, 0.25) is 0 Å². The Hall–Kier alpha value is -1.22. The highest BCUT2D eigenvalue weighted by molar-refractivity contribution is 7.89. The molecule has 0 spiro atoms. The fraction of sp³-hybridized carbons (Fsp3) is 0.571. The molecule has 7 nitrogen and oxygen atoms in total. The number of benzene rings is 1. The van der Waals surface area contributed by atoms with Crippen molar-refractivity contribution >= 4 is 28.1 Å². The minimum Gasteiger partial charge on any atom is -0.330 e. The van der Waals surface area contributed by atoms with Crippen molar-refractivity contribution in [2.45, 2.75) is 43.5 Å². The smallest absolute Gasteiger partial charge is 0.273 e. The summed E-state index contributed by atoms with van der Waals surface area (Å²) in [5, 5.41) is 11.0. The Labute approximate surface area is 142 Å². The SMILES string of the molecule is Cc1c([N+](=O)[O-])cccc1S(=O)(=O)NC1CCCCC1CN.Cl. The largest absolute Gasteiger partial charge is 0.330 e. The molecule has 1 saturated carbocycles. The van der Waals surface area contributed by atoms with E-state index in [2.05, 4.69) is 4.72 Å². The van der Waals surface area contributed by atoms with Crippen LogP contribution in [0.1, 0.15) is 31.2 Å². The first-order valence-electron chi connectivity index (χ1n) is 7.33. The van der Waals surface area contributed by atoms with Gasteiger partial charge in [-0.1, -0.05) is 18.9 Å². The molecule has 0 bridgehead atoms. The van der Waals surface area contributed by atoms with Gasteiger partial charge in [0.15, 0.2) is 0 Å². The van der Waals surface area contributed by atoms with Crippen molar-refractivity contribution in [3.8, 4) is 0 Å². The minimum atomic E-state index is -3.80. The second-order valence-electron chi connectivity index (χ2n) is 5.67. The molecule has 0 aromatic heterocycles. The van der Waals surface area contributed by atoms with Crippen LogP contribution in [0.4, 0.5) is 5.69 Å². The number of nitrogens with zero attached hydrogens (tertiary/aromatic N) is 1. The Kier molecular flexibility index (Phi) is 6.94. The van der Waals surface area contributed by atoms with Gasteiger partial charge in [0, 0.05) is 17.7 Å². The number of nitro groups is 1. The van der Waals surface area contributed by atoms with Gasteiger partial charge < -0.3 is 5.73 Å². The van der Waals surface area contributed by atoms with E-state index in [1.54, 1.807) is 0 Å². The summed E-state index contributed by atoms with van der Waals surface area (Å²) in [5.74, 6) is 0.113. The normalized spacial score (nSPS) is 21.5. The van der Waals surface area contributed by atoms with Crippen LogP contribution in [0.5, 0.6) is 0 Å². The monoisotopic (exact) mass is 363 g/mol. The van der Waals surface area contributed by atoms with Gasteiger partial charge in [-0.3, -0.25) is 10.1 Å². The zero-order chi connectivity index (χ0) is 16.3. The van der Waals surface area contributed by atoms with Crippen molar-refractivity contribution in [1.29, 1.82) is 0 Å². The highest BCUT2D eigenvalue weighted by atomic mass is 35.5. The maximum atomic E-state index is 12.6. The van der Waals surface area contributed by atoms with Gasteiger partial charge in [-0.15, -0.1) is 12.4 Å². The Morgan fingerprint density at radius 3 is 2.61 bits per heavy atom. The summed E-state index contributed by atoms with van der Waals surface area (Å²) < 4.78 is 27.9. The number of halogens is 1. The van der Waals surface area contributed by atoms with Crippen LogP contribution in [0, 0.1) is 23.0 Å². The summed E-state index contributed by atoms with van der Waals surface area (Å²) in [5.41, 5.74) is 5.68. The van der Waals surface area contributed by atoms with Crippen LogP contribution < -0.4 is 10.5 Å². The van der Waals surface area contributed by atoms with Crippen molar-refractivity contribution < 1.29 is 13.3 Å². The van der Waals surface area contributed by atoms with E-state index in [9.17, 15) is 18.5 Å². The third kappa shape index (κ3) is 4.41. The summed E-state index contributed by atoms with van der Waals surface area (Å²) in [6, 6.07) is 3.88. The van der Waals surface area contributed by atoms with E-state index < -0.39 is 14.9 Å². The van der Waals surface area contributed by atoms with Gasteiger partial charge in [0.1, 0.15) is 0 Å². The van der Waals surface area contributed by atoms with Gasteiger partial charge in [0.05, 0.1) is 9.82 Å². The highest BCUT2D eigenvalue weighted by Gasteiger charge is 2.30. The molecule has 130 valence electrons. The lowest BCUT2D eigenvalue weighted by atomic mass is 9.85. The number of nitrogens with one attached hydrogen (secondary N) is 1. The molecule has 1 aliphatic rings. The maximum Gasteiger partial charge on any atom is 0.273 e. The van der Waals surface area contributed by atoms with Crippen LogP contribution >= 0.6 is 12.4 Å². The summed E-state index contributed by atoms with van der Waals surface area (Å²) in [6.45, 7) is 1.88. The number of nitrogens with two attached hydrogens (primary N) is 1. The molecule has 0 amide bonds. The molecular weight excluding hydrogens is 342 g/mol. The Bertz CT molecular complexity index is 666. The fourth-order valence-corrected chi connectivity index (χ4v) is 4.60. The molecule has 9 heteroatoms. The predicted molar refractivity (Wildman–Crippen MR) is 90.2 cm³/mol. The van der Waals surface area contributed by atoms with Gasteiger partial charge in [-0.25, -0.2) is 13.1 Å². The number of sulfonamides is 1. The summed E-state index contributed by atoms with van der Waals surface area (Å²) in [4.78, 5) is 10.4. The topological polar surface area (TPSA) is 115 Å². The standard InChI is InChI=1S/C14H21N3O4S.ClH/c1-10-13(17(18)19)7-4-8-14(10)22(20,21)16-12-6-3-2-5-11(12)9-15;/h4,7-8,11-12,16H,2-3,5-6,9,15H2,1H3;1H. The van der Waals surface area contributed by atoms with E-state index in [0.717, 1.165) is 25.7 Å². The molecule has 1 aromatic rings. The fourth-order valence-electron chi connectivity index (χ4n) is 3.00. The minimum absolute atomic E-state index is 0. The first kappa shape index (κ1) is 19.8. The summed E-state index contributed by atoms with van der Waals surface area (Å²) in [6.07, 6.45) is 3.65. The molecule has 0 aliphatic heterocycles. The number of hydrogen-bond donors (Lipinski definition) is 2. The number of nitro benzene ring substituents is 1. The lowest BCUT2D eigenvalue weighted by molar-refractivity contribution is -0.385. The second kappa shape index (κ2) is 8.05. The van der Waals surface area contributed by atoms with E-state index in [0.29, 0.717) is 6.54 Å². The zero-order valence-corrected chi connectivity index (χ0v) is 14.5. The van der Waals surface area contributed by atoms with E-state index in [-0.39, 0.29) is 40.5 Å². The lowest BCUT2D eigenvalue weighted by Crippen LogP contribution is -2.44. The summed E-state index contributed by atoms with van der Waals surface area (Å²) >= 11 is 0. The van der Waals surface area contributed by atoms with Crippen molar-refractivity contribution in [1.82, 2.24) is 4.72 Å². The third-order valence-electron chi connectivity index (χ3n) is 4.26. The molecular formula is C14H22ClN3O4S. The third-order valence-corrected chi connectivity index (χ3v) is 5.89. The maximum absolute atomic E-state index is 12.6. The average molecular weight is 364 g/mol. The molecule has 1 fully saturated rings. The van der Waals surface area contributed by atoms with Gasteiger partial charge in [0.25, 0.3) is 5.69 Å². The molecule has 2 rings (SSSR count). The molecule has 2 atom stereocenters. The van der Waals surface area contributed by atoms with E-state index in [1.165, 1.54) is 25.1 Å². The second-order valence-corrected chi connectivity index (χ2v) is 7.35. The van der Waals surface area contributed by atoms with Crippen molar-refractivity contribution in [3.63, 3.8) is 0 Å². The van der Waals surface area contributed by atoms with Crippen LogP contribution in [0.25, 0.3) is 0 Å². The van der Waals surface area contributed by atoms with Crippen LogP contribution in [-0.4, -0.2) is 25.9 Å². The predicted octanol–water partition coefficient (Wildman–Crippen LogP) is 2.12. The first-order valence-corrected chi connectivity index (χ1v) is 8.81. The molecule has 0 heterocycles. The quantitative estimate of drug-likeness (QED) is 0.614. The van der Waals surface area contributed by atoms with Crippen LogP contribution in [0.3, 0.4) is 0 Å². The molecule has 3 N–H and O–H groups in total. The Balaban J connectivity index is 0.00000264. The molecule has 2 unspecified atom stereocenters. The highest BCUT2D eigenvalue weighted by Crippen LogP contribution is 2.28. The Morgan fingerprint density at radius 1 is 1.35 bits per heavy atom. The summed E-state index contributed by atoms with van der Waals surface area (Å²) in [7, 11) is -3.80. The average Bonchev–Trinajstić information content (AvgIpc) is 2.47. The van der Waals surface area contributed by atoms with Gasteiger partial charge in [-0.05, 0) is 38.3 Å². The molecule has 23 heavy (non-hydrogen) atoms. The van der Waals surface area contributed by atoms with Gasteiger partial charge in [0.2, 0.25) is 10.0 Å². The Morgan fingerprint density at radius 2 is 2.00 bits per heavy atom. The molecule has 1 aliphatic carbocycles. The number of hydrogen-bond acceptors (Lipinski definition) is 5. The number of rotatable bonds is 5. The molecule has 0 radical (unpaired) electrons. The van der Waals surface area contributed by atoms with Crippen molar-refractivity contribution in [2.75, 3.05) is 6.54 Å². The zero-order valence-electron chi connectivity index (χ0n) is 12.9. The van der Waals surface area contributed by atoms with Crippen LogP contribution in [-0.2, 0) is 10.0 Å². The van der Waals surface area contributed by atoms with Gasteiger partial charge >= 0.3 is 0 Å².